The van der Waals surface area contributed by atoms with Gasteiger partial charge in [0.25, 0.3) is 0 Å². The second-order valence-electron chi connectivity index (χ2n) is 5.90. The Morgan fingerprint density at radius 1 is 0.826 bits per heavy atom. The molecule has 0 radical (unpaired) electrons. The molecule has 1 unspecified atom stereocenters. The van der Waals surface area contributed by atoms with Crippen molar-refractivity contribution in [1.82, 2.24) is 9.97 Å². The highest BCUT2D eigenvalue weighted by Gasteiger charge is 2.16. The average Bonchev–Trinajstić information content (AvgIpc) is 3.04. The lowest BCUT2D eigenvalue weighted by molar-refractivity contribution is 0.743. The Morgan fingerprint density at radius 2 is 1.70 bits per heavy atom. The van der Waals surface area contributed by atoms with E-state index in [4.69, 9.17) is 0 Å². The third-order valence-electron chi connectivity index (χ3n) is 4.40. The lowest BCUT2D eigenvalue weighted by Crippen LogP contribution is -1.97. The molecule has 1 atom stereocenters. The van der Waals surface area contributed by atoms with Crippen LogP contribution in [0.2, 0.25) is 0 Å². The van der Waals surface area contributed by atoms with Crippen molar-refractivity contribution in [2.24, 2.45) is 0 Å². The molecule has 112 valence electrons. The summed E-state index contributed by atoms with van der Waals surface area (Å²) in [5.41, 5.74) is 5.95. The van der Waals surface area contributed by atoms with Crippen LogP contribution in [0, 0.1) is 0 Å². The molecule has 2 aromatic heterocycles. The standard InChI is InChI=1S/C21H18N2/c1-2-6-19-17(5-1)11-12-18(19)10-8-16-9-13-21(23-15-16)20-7-3-4-14-22-20/h1-7,9,11-15,18H,8,10H2. The maximum atomic E-state index is 4.56. The van der Waals surface area contributed by atoms with Gasteiger partial charge in [-0.25, -0.2) is 0 Å². The number of fused-ring (bicyclic) bond motifs is 1. The molecule has 0 N–H and O–H groups in total. The molecule has 0 amide bonds. The highest BCUT2D eigenvalue weighted by atomic mass is 14.8. The van der Waals surface area contributed by atoms with E-state index < -0.39 is 0 Å². The van der Waals surface area contributed by atoms with E-state index in [-0.39, 0.29) is 0 Å². The molecule has 2 heterocycles. The lowest BCUT2D eigenvalue weighted by Gasteiger charge is -2.11. The smallest absolute Gasteiger partial charge is 0.0886 e. The van der Waals surface area contributed by atoms with Crippen molar-refractivity contribution in [3.8, 4) is 11.4 Å². The molecule has 2 heteroatoms. The van der Waals surface area contributed by atoms with E-state index in [2.05, 4.69) is 58.5 Å². The largest absolute Gasteiger partial charge is 0.255 e. The summed E-state index contributed by atoms with van der Waals surface area (Å²) in [6.07, 6.45) is 10.5. The number of hydrogen-bond acceptors (Lipinski definition) is 2. The van der Waals surface area contributed by atoms with Gasteiger partial charge in [-0.15, -0.1) is 0 Å². The molecule has 2 nitrogen and oxygen atoms in total. The fourth-order valence-corrected chi connectivity index (χ4v) is 3.14. The van der Waals surface area contributed by atoms with Crippen LogP contribution in [0.1, 0.15) is 29.0 Å². The fourth-order valence-electron chi connectivity index (χ4n) is 3.14. The average molecular weight is 298 g/mol. The Hall–Kier alpha value is -2.74. The van der Waals surface area contributed by atoms with Crippen LogP contribution in [0.25, 0.3) is 17.5 Å². The van der Waals surface area contributed by atoms with E-state index in [9.17, 15) is 0 Å². The first-order chi connectivity index (χ1) is 11.4. The van der Waals surface area contributed by atoms with Gasteiger partial charge in [0.2, 0.25) is 0 Å². The summed E-state index contributed by atoms with van der Waals surface area (Å²) in [6, 6.07) is 18.8. The normalized spacial score (nSPS) is 15.6. The van der Waals surface area contributed by atoms with Crippen LogP contribution in [0.4, 0.5) is 0 Å². The van der Waals surface area contributed by atoms with Crippen molar-refractivity contribution in [2.75, 3.05) is 0 Å². The van der Waals surface area contributed by atoms with E-state index in [1.807, 2.05) is 24.4 Å². The highest BCUT2D eigenvalue weighted by Crippen LogP contribution is 2.33. The van der Waals surface area contributed by atoms with Crippen LogP contribution < -0.4 is 0 Å². The molecule has 0 bridgehead atoms. The van der Waals surface area contributed by atoms with Gasteiger partial charge in [0, 0.05) is 18.3 Å². The summed E-state index contributed by atoms with van der Waals surface area (Å²) in [4.78, 5) is 8.90. The van der Waals surface area contributed by atoms with E-state index in [1.54, 1.807) is 6.20 Å². The zero-order valence-electron chi connectivity index (χ0n) is 12.9. The molecule has 0 saturated heterocycles. The van der Waals surface area contributed by atoms with Crippen LogP contribution in [-0.4, -0.2) is 9.97 Å². The van der Waals surface area contributed by atoms with Gasteiger partial charge in [-0.3, -0.25) is 9.97 Å². The quantitative estimate of drug-likeness (QED) is 0.685. The molecule has 0 saturated carbocycles. The van der Waals surface area contributed by atoms with E-state index >= 15 is 0 Å². The maximum Gasteiger partial charge on any atom is 0.0886 e. The first-order valence-corrected chi connectivity index (χ1v) is 8.03. The first-order valence-electron chi connectivity index (χ1n) is 8.03. The fraction of sp³-hybridized carbons (Fsp3) is 0.143. The zero-order valence-corrected chi connectivity index (χ0v) is 12.9. The Labute approximate surface area is 136 Å². The third kappa shape index (κ3) is 2.93. The van der Waals surface area contributed by atoms with Crippen LogP contribution >= 0.6 is 0 Å². The highest BCUT2D eigenvalue weighted by molar-refractivity contribution is 5.62. The topological polar surface area (TPSA) is 25.8 Å². The summed E-state index contributed by atoms with van der Waals surface area (Å²) in [5.74, 6) is 0.529. The number of hydrogen-bond donors (Lipinski definition) is 0. The van der Waals surface area contributed by atoms with Gasteiger partial charge < -0.3 is 0 Å². The van der Waals surface area contributed by atoms with Gasteiger partial charge in [-0.1, -0.05) is 48.6 Å². The van der Waals surface area contributed by atoms with Gasteiger partial charge in [0.05, 0.1) is 11.4 Å². The Kier molecular flexibility index (Phi) is 3.73. The van der Waals surface area contributed by atoms with E-state index in [1.165, 1.54) is 16.7 Å². The molecule has 1 aliphatic carbocycles. The van der Waals surface area contributed by atoms with Crippen LogP contribution in [0.5, 0.6) is 0 Å². The Morgan fingerprint density at radius 3 is 2.52 bits per heavy atom. The molecule has 0 spiro atoms. The molecular formula is C21H18N2. The molecule has 1 aromatic carbocycles. The van der Waals surface area contributed by atoms with Crippen molar-refractivity contribution in [1.29, 1.82) is 0 Å². The number of pyridine rings is 2. The summed E-state index contributed by atoms with van der Waals surface area (Å²) in [7, 11) is 0. The molecule has 0 aliphatic heterocycles. The minimum Gasteiger partial charge on any atom is -0.255 e. The number of allylic oxidation sites excluding steroid dienone is 1. The van der Waals surface area contributed by atoms with Gasteiger partial charge in [-0.2, -0.15) is 0 Å². The van der Waals surface area contributed by atoms with Gasteiger partial charge in [0.15, 0.2) is 0 Å². The maximum absolute atomic E-state index is 4.56. The second kappa shape index (κ2) is 6.17. The zero-order chi connectivity index (χ0) is 15.5. The van der Waals surface area contributed by atoms with Crippen LogP contribution in [-0.2, 0) is 6.42 Å². The van der Waals surface area contributed by atoms with E-state index in [0.717, 1.165) is 24.2 Å². The SMILES string of the molecule is C1=CC(CCc2ccc(-c3ccccn3)nc2)c2ccccc21. The molecule has 0 fully saturated rings. The molecule has 1 aliphatic rings. The third-order valence-corrected chi connectivity index (χ3v) is 4.40. The van der Waals surface area contributed by atoms with Gasteiger partial charge in [-0.05, 0) is 47.7 Å². The van der Waals surface area contributed by atoms with Crippen LogP contribution in [0.3, 0.4) is 0 Å². The molecular weight excluding hydrogens is 280 g/mol. The number of nitrogens with zero attached hydrogens (tertiary/aromatic N) is 2. The first kappa shape index (κ1) is 13.9. The Bertz CT molecular complexity index is 820. The second-order valence-corrected chi connectivity index (χ2v) is 5.90. The minimum atomic E-state index is 0.529. The number of benzene rings is 1. The molecule has 3 aromatic rings. The predicted octanol–water partition coefficient (Wildman–Crippen LogP) is 4.89. The van der Waals surface area contributed by atoms with Gasteiger partial charge in [0.1, 0.15) is 0 Å². The van der Waals surface area contributed by atoms with Crippen molar-refractivity contribution in [3.63, 3.8) is 0 Å². The monoisotopic (exact) mass is 298 g/mol. The summed E-state index contributed by atoms with van der Waals surface area (Å²) >= 11 is 0. The Balaban J connectivity index is 1.44. The van der Waals surface area contributed by atoms with E-state index in [0.29, 0.717) is 5.92 Å². The minimum absolute atomic E-state index is 0.529. The lowest BCUT2D eigenvalue weighted by atomic mass is 9.94. The van der Waals surface area contributed by atoms with Gasteiger partial charge >= 0.3 is 0 Å². The molecule has 23 heavy (non-hydrogen) atoms. The predicted molar refractivity (Wildman–Crippen MR) is 94.0 cm³/mol. The molecule has 4 rings (SSSR count). The van der Waals surface area contributed by atoms with Crippen LogP contribution in [0.15, 0.2) is 73.1 Å². The summed E-state index contributed by atoms with van der Waals surface area (Å²) in [5, 5.41) is 0. The number of aryl methyl sites for hydroxylation is 1. The van der Waals surface area contributed by atoms with Crippen molar-refractivity contribution >= 4 is 6.08 Å². The van der Waals surface area contributed by atoms with Crippen molar-refractivity contribution < 1.29 is 0 Å². The number of rotatable bonds is 4. The number of aromatic nitrogens is 2. The summed E-state index contributed by atoms with van der Waals surface area (Å²) < 4.78 is 0. The summed E-state index contributed by atoms with van der Waals surface area (Å²) in [6.45, 7) is 0. The van der Waals surface area contributed by atoms with Crippen molar-refractivity contribution in [3.05, 3.63) is 89.8 Å². The van der Waals surface area contributed by atoms with Crippen molar-refractivity contribution in [2.45, 2.75) is 18.8 Å².